The smallest absolute Gasteiger partial charge is 0.223 e. The van der Waals surface area contributed by atoms with Gasteiger partial charge in [0.05, 0.1) is 0 Å². The van der Waals surface area contributed by atoms with E-state index in [0.717, 1.165) is 26.1 Å². The van der Waals surface area contributed by atoms with E-state index in [4.69, 9.17) is 0 Å². The first-order valence-corrected chi connectivity index (χ1v) is 5.74. The monoisotopic (exact) mass is 198 g/mol. The Kier molecular flexibility index (Phi) is 4.94. The molecular formula is C11H22N2O. The molecule has 0 aromatic carbocycles. The molecule has 1 fully saturated rings. The van der Waals surface area contributed by atoms with E-state index in [-0.39, 0.29) is 11.8 Å². The maximum atomic E-state index is 11.6. The summed E-state index contributed by atoms with van der Waals surface area (Å²) < 4.78 is 0. The van der Waals surface area contributed by atoms with Gasteiger partial charge in [-0.2, -0.15) is 0 Å². The summed E-state index contributed by atoms with van der Waals surface area (Å²) in [7, 11) is 0. The van der Waals surface area contributed by atoms with Gasteiger partial charge in [-0.25, -0.2) is 0 Å². The van der Waals surface area contributed by atoms with Gasteiger partial charge in [-0.15, -0.1) is 0 Å². The van der Waals surface area contributed by atoms with Gasteiger partial charge in [0.2, 0.25) is 5.91 Å². The second-order valence-corrected chi connectivity index (χ2v) is 4.21. The summed E-state index contributed by atoms with van der Waals surface area (Å²) in [6, 6.07) is 0. The Hall–Kier alpha value is -0.570. The number of unbranched alkanes of at least 4 members (excludes halogenated alkanes) is 2. The number of carbonyl (C=O) groups excluding carboxylic acids is 1. The molecule has 1 atom stereocenters. The van der Waals surface area contributed by atoms with Gasteiger partial charge in [-0.05, 0) is 25.4 Å². The molecule has 1 amide bonds. The molecule has 2 N–H and O–H groups in total. The van der Waals surface area contributed by atoms with Gasteiger partial charge in [-0.1, -0.05) is 26.7 Å². The Balaban J connectivity index is 2.07. The number of amides is 1. The molecule has 3 nitrogen and oxygen atoms in total. The topological polar surface area (TPSA) is 41.1 Å². The highest BCUT2D eigenvalue weighted by molar-refractivity contribution is 5.78. The van der Waals surface area contributed by atoms with Crippen LogP contribution < -0.4 is 10.6 Å². The van der Waals surface area contributed by atoms with Gasteiger partial charge < -0.3 is 10.6 Å². The molecule has 0 spiro atoms. The van der Waals surface area contributed by atoms with Crippen molar-refractivity contribution in [2.75, 3.05) is 19.6 Å². The predicted molar refractivity (Wildman–Crippen MR) is 58.1 cm³/mol. The highest BCUT2D eigenvalue weighted by Gasteiger charge is 2.28. The van der Waals surface area contributed by atoms with E-state index in [0.29, 0.717) is 5.92 Å². The van der Waals surface area contributed by atoms with Crippen LogP contribution in [0.3, 0.4) is 0 Å². The quantitative estimate of drug-likeness (QED) is 0.629. The minimum atomic E-state index is 0.179. The Bertz CT molecular complexity index is 178. The van der Waals surface area contributed by atoms with Crippen LogP contribution in [0.2, 0.25) is 0 Å². The van der Waals surface area contributed by atoms with Crippen molar-refractivity contribution in [2.24, 2.45) is 11.8 Å². The van der Waals surface area contributed by atoms with Crippen molar-refractivity contribution in [1.82, 2.24) is 10.6 Å². The highest BCUT2D eigenvalue weighted by Crippen LogP contribution is 2.15. The molecule has 0 aromatic heterocycles. The minimum absolute atomic E-state index is 0.179. The van der Waals surface area contributed by atoms with E-state index >= 15 is 0 Å². The summed E-state index contributed by atoms with van der Waals surface area (Å²) in [5.41, 5.74) is 0. The molecule has 0 aliphatic carbocycles. The lowest BCUT2D eigenvalue weighted by molar-refractivity contribution is -0.126. The Morgan fingerprint density at radius 3 is 2.71 bits per heavy atom. The number of rotatable bonds is 6. The molecule has 1 heterocycles. The lowest BCUT2D eigenvalue weighted by Gasteiger charge is -2.31. The standard InChI is InChI=1S/C11H22N2O/c1-3-4-5-6-13-11(14)9(2)10-7-12-8-10/h9-10,12H,3-8H2,1-2H3,(H,13,14). The number of hydrogen-bond acceptors (Lipinski definition) is 2. The first kappa shape index (κ1) is 11.5. The Morgan fingerprint density at radius 2 is 2.21 bits per heavy atom. The maximum Gasteiger partial charge on any atom is 0.223 e. The van der Waals surface area contributed by atoms with Crippen LogP contribution in [0.5, 0.6) is 0 Å². The normalized spacial score (nSPS) is 18.7. The fraction of sp³-hybridized carbons (Fsp3) is 0.909. The second-order valence-electron chi connectivity index (χ2n) is 4.21. The average molecular weight is 198 g/mol. The summed E-state index contributed by atoms with van der Waals surface area (Å²) in [6.07, 6.45) is 3.52. The molecule has 0 saturated carbocycles. The van der Waals surface area contributed by atoms with Crippen LogP contribution in [0.1, 0.15) is 33.1 Å². The summed E-state index contributed by atoms with van der Waals surface area (Å²) in [6.45, 7) is 7.05. The molecule has 0 bridgehead atoms. The molecule has 1 saturated heterocycles. The van der Waals surface area contributed by atoms with Crippen molar-refractivity contribution >= 4 is 5.91 Å². The second kappa shape index (κ2) is 6.02. The fourth-order valence-electron chi connectivity index (χ4n) is 1.63. The van der Waals surface area contributed by atoms with Gasteiger partial charge >= 0.3 is 0 Å². The van der Waals surface area contributed by atoms with E-state index in [2.05, 4.69) is 17.6 Å². The van der Waals surface area contributed by atoms with Crippen LogP contribution in [0, 0.1) is 11.8 Å². The van der Waals surface area contributed by atoms with Crippen molar-refractivity contribution in [3.63, 3.8) is 0 Å². The van der Waals surface area contributed by atoms with E-state index in [1.807, 2.05) is 6.92 Å². The zero-order chi connectivity index (χ0) is 10.4. The zero-order valence-corrected chi connectivity index (χ0v) is 9.31. The van der Waals surface area contributed by atoms with E-state index < -0.39 is 0 Å². The predicted octanol–water partition coefficient (Wildman–Crippen LogP) is 1.15. The van der Waals surface area contributed by atoms with Crippen molar-refractivity contribution in [3.05, 3.63) is 0 Å². The van der Waals surface area contributed by atoms with Gasteiger partial charge in [0.1, 0.15) is 0 Å². The summed E-state index contributed by atoms with van der Waals surface area (Å²) in [4.78, 5) is 11.6. The molecule has 0 aromatic rings. The summed E-state index contributed by atoms with van der Waals surface area (Å²) >= 11 is 0. The molecule has 1 aliphatic heterocycles. The Morgan fingerprint density at radius 1 is 1.50 bits per heavy atom. The van der Waals surface area contributed by atoms with Gasteiger partial charge in [-0.3, -0.25) is 4.79 Å². The lowest BCUT2D eigenvalue weighted by Crippen LogP contribution is -2.49. The molecule has 3 heteroatoms. The van der Waals surface area contributed by atoms with Crippen molar-refractivity contribution in [2.45, 2.75) is 33.1 Å². The van der Waals surface area contributed by atoms with Crippen LogP contribution in [-0.2, 0) is 4.79 Å². The van der Waals surface area contributed by atoms with E-state index in [1.54, 1.807) is 0 Å². The van der Waals surface area contributed by atoms with Crippen LogP contribution >= 0.6 is 0 Å². The van der Waals surface area contributed by atoms with E-state index in [1.165, 1.54) is 12.8 Å². The van der Waals surface area contributed by atoms with Crippen molar-refractivity contribution in [1.29, 1.82) is 0 Å². The van der Waals surface area contributed by atoms with Crippen LogP contribution in [0.15, 0.2) is 0 Å². The highest BCUT2D eigenvalue weighted by atomic mass is 16.1. The van der Waals surface area contributed by atoms with Crippen LogP contribution in [0.4, 0.5) is 0 Å². The summed E-state index contributed by atoms with van der Waals surface area (Å²) in [5.74, 6) is 0.964. The third kappa shape index (κ3) is 3.29. The van der Waals surface area contributed by atoms with Crippen LogP contribution in [-0.4, -0.2) is 25.5 Å². The molecule has 0 radical (unpaired) electrons. The number of carbonyl (C=O) groups is 1. The third-order valence-electron chi connectivity index (χ3n) is 3.01. The number of nitrogens with one attached hydrogen (secondary N) is 2. The van der Waals surface area contributed by atoms with E-state index in [9.17, 15) is 4.79 Å². The van der Waals surface area contributed by atoms with Crippen molar-refractivity contribution in [3.8, 4) is 0 Å². The minimum Gasteiger partial charge on any atom is -0.356 e. The zero-order valence-electron chi connectivity index (χ0n) is 9.31. The first-order chi connectivity index (χ1) is 6.75. The maximum absolute atomic E-state index is 11.6. The van der Waals surface area contributed by atoms with Crippen molar-refractivity contribution < 1.29 is 4.79 Å². The largest absolute Gasteiger partial charge is 0.356 e. The van der Waals surface area contributed by atoms with Gasteiger partial charge in [0, 0.05) is 12.5 Å². The van der Waals surface area contributed by atoms with Crippen LogP contribution in [0.25, 0.3) is 0 Å². The van der Waals surface area contributed by atoms with Gasteiger partial charge in [0.25, 0.3) is 0 Å². The van der Waals surface area contributed by atoms with Gasteiger partial charge in [0.15, 0.2) is 0 Å². The first-order valence-electron chi connectivity index (χ1n) is 5.74. The fourth-order valence-corrected chi connectivity index (χ4v) is 1.63. The Labute approximate surface area is 86.6 Å². The molecule has 82 valence electrons. The molecule has 14 heavy (non-hydrogen) atoms. The lowest BCUT2D eigenvalue weighted by atomic mass is 9.88. The molecule has 1 rings (SSSR count). The molecule has 1 unspecified atom stereocenters. The number of hydrogen-bond donors (Lipinski definition) is 2. The molecule has 1 aliphatic rings. The molecular weight excluding hydrogens is 176 g/mol. The third-order valence-corrected chi connectivity index (χ3v) is 3.01. The summed E-state index contributed by atoms with van der Waals surface area (Å²) in [5, 5.41) is 6.19. The SMILES string of the molecule is CCCCCNC(=O)C(C)C1CNC1. The average Bonchev–Trinajstić information content (AvgIpc) is 2.09.